The van der Waals surface area contributed by atoms with E-state index in [1.807, 2.05) is 12.1 Å². The Kier molecular flexibility index (Phi) is 23.8. The van der Waals surface area contributed by atoms with Gasteiger partial charge in [0.25, 0.3) is 0 Å². The van der Waals surface area contributed by atoms with Crippen LogP contribution in [0.25, 0.3) is 0 Å². The van der Waals surface area contributed by atoms with Crippen LogP contribution in [0.3, 0.4) is 0 Å². The molecule has 1 aromatic carbocycles. The molecule has 0 saturated heterocycles. The van der Waals surface area contributed by atoms with E-state index in [1.54, 1.807) is 19.1 Å². The third-order valence-corrected chi connectivity index (χ3v) is 11.2. The molecule has 0 amide bonds. The fraction of sp³-hybridized carbons (Fsp3) is 0.491. The van der Waals surface area contributed by atoms with E-state index in [2.05, 4.69) is 124 Å². The highest BCUT2D eigenvalue weighted by molar-refractivity contribution is 6.26. The molecule has 0 spiro atoms. The van der Waals surface area contributed by atoms with Crippen molar-refractivity contribution < 1.29 is 9.59 Å². The van der Waals surface area contributed by atoms with Crippen LogP contribution in [0.2, 0.25) is 0 Å². The highest BCUT2D eigenvalue weighted by Crippen LogP contribution is 2.29. The van der Waals surface area contributed by atoms with E-state index >= 15 is 0 Å². The maximum absolute atomic E-state index is 13.0. The topological polar surface area (TPSA) is 34.1 Å². The Hall–Kier alpha value is -4.04. The minimum atomic E-state index is -0.0235. The van der Waals surface area contributed by atoms with Crippen LogP contribution in [-0.2, 0) is 0 Å². The number of ketones is 2. The van der Waals surface area contributed by atoms with Crippen molar-refractivity contribution in [2.45, 2.75) is 179 Å². The van der Waals surface area contributed by atoms with Crippen LogP contribution in [0.15, 0.2) is 140 Å². The van der Waals surface area contributed by atoms with Crippen LogP contribution in [0.5, 0.6) is 0 Å². The molecule has 0 fully saturated rings. The summed E-state index contributed by atoms with van der Waals surface area (Å²) in [6, 6.07) is 7.16. The second-order valence-corrected chi connectivity index (χ2v) is 17.2. The number of benzene rings is 1. The van der Waals surface area contributed by atoms with Gasteiger partial charge in [-0.3, -0.25) is 9.59 Å². The van der Waals surface area contributed by atoms with Crippen molar-refractivity contribution in [1.82, 2.24) is 0 Å². The average Bonchev–Trinajstić information content (AvgIpc) is 3.16. The quantitative estimate of drug-likeness (QED) is 0.0928. The molecule has 0 aromatic heterocycles. The van der Waals surface area contributed by atoms with Crippen molar-refractivity contribution in [2.75, 3.05) is 0 Å². The summed E-state index contributed by atoms with van der Waals surface area (Å²) in [5.74, 6) is -0.0326. The second kappa shape index (κ2) is 27.6. The van der Waals surface area contributed by atoms with Crippen LogP contribution >= 0.6 is 0 Å². The summed E-state index contributed by atoms with van der Waals surface area (Å²) in [5.41, 5.74) is 15.4. The van der Waals surface area contributed by atoms with E-state index in [0.717, 1.165) is 83.5 Å². The number of fused-ring (bicyclic) bond motifs is 1. The molecule has 0 unspecified atom stereocenters. The van der Waals surface area contributed by atoms with Crippen LogP contribution in [-0.4, -0.2) is 11.6 Å². The predicted octanol–water partition coefficient (Wildman–Crippen LogP) is 17.2. The van der Waals surface area contributed by atoms with Gasteiger partial charge >= 0.3 is 0 Å². The lowest BCUT2D eigenvalue weighted by atomic mass is 9.83. The summed E-state index contributed by atoms with van der Waals surface area (Å²) in [6.07, 6.45) is 38.5. The molecule has 0 bridgehead atoms. The number of hydrogen-bond acceptors (Lipinski definition) is 2. The fourth-order valence-corrected chi connectivity index (χ4v) is 7.07. The Morgan fingerprint density at radius 2 is 0.719 bits per heavy atom. The summed E-state index contributed by atoms with van der Waals surface area (Å²) >= 11 is 0. The molecule has 0 saturated carbocycles. The van der Waals surface area contributed by atoms with Gasteiger partial charge < -0.3 is 0 Å². The number of hydrogen-bond donors (Lipinski definition) is 0. The molecule has 0 aliphatic heterocycles. The van der Waals surface area contributed by atoms with Gasteiger partial charge in [0.1, 0.15) is 0 Å². The molecule has 2 nitrogen and oxygen atoms in total. The highest BCUT2D eigenvalue weighted by atomic mass is 16.1. The molecule has 1 aliphatic rings. The maximum Gasteiger partial charge on any atom is 0.190 e. The summed E-state index contributed by atoms with van der Waals surface area (Å²) in [6.45, 7) is 24.2. The highest BCUT2D eigenvalue weighted by Gasteiger charge is 2.28. The van der Waals surface area contributed by atoms with Gasteiger partial charge in [0, 0.05) is 22.3 Å². The summed E-state index contributed by atoms with van der Waals surface area (Å²) in [5, 5.41) is 0. The van der Waals surface area contributed by atoms with Crippen LogP contribution in [0.1, 0.15) is 200 Å². The maximum atomic E-state index is 13.0. The van der Waals surface area contributed by atoms with Gasteiger partial charge in [-0.05, 0) is 179 Å². The molecule has 1 aliphatic carbocycles. The van der Waals surface area contributed by atoms with Crippen LogP contribution < -0.4 is 0 Å². The zero-order valence-electron chi connectivity index (χ0n) is 38.1. The zero-order chi connectivity index (χ0) is 42.2. The molecule has 1 aromatic rings. The number of carbonyl (C=O) groups is 2. The van der Waals surface area contributed by atoms with Crippen LogP contribution in [0, 0.1) is 0 Å². The van der Waals surface area contributed by atoms with Crippen molar-refractivity contribution in [3.05, 3.63) is 151 Å². The SMILES string of the molecule is CC(C)=CCCC(C)=CCCC(C)=CCCC(C)=CCC(C)=CCCC(C)=CCCC(C)=CCCC(C)=CCCC(C)=CCC1=C(C)C(=O)c2ccccc2C1=O. The first-order chi connectivity index (χ1) is 27.2. The van der Waals surface area contributed by atoms with Crippen LogP contribution in [0.4, 0.5) is 0 Å². The van der Waals surface area contributed by atoms with Crippen molar-refractivity contribution >= 4 is 11.6 Å². The average molecular weight is 771 g/mol. The Bertz CT molecular complexity index is 1790. The molecule has 0 atom stereocenters. The third kappa shape index (κ3) is 20.8. The molecule has 2 rings (SSSR count). The molecule has 57 heavy (non-hydrogen) atoms. The molecular weight excluding hydrogens is 693 g/mol. The number of carbonyl (C=O) groups excluding carboxylic acids is 2. The Labute approximate surface area is 350 Å². The van der Waals surface area contributed by atoms with Gasteiger partial charge in [0.05, 0.1) is 0 Å². The van der Waals surface area contributed by atoms with E-state index in [0.29, 0.717) is 28.7 Å². The third-order valence-electron chi connectivity index (χ3n) is 11.2. The smallest absolute Gasteiger partial charge is 0.190 e. The first kappa shape index (κ1) is 49.1. The molecule has 0 heterocycles. The van der Waals surface area contributed by atoms with Crippen molar-refractivity contribution in [3.63, 3.8) is 0 Å². The van der Waals surface area contributed by atoms with Crippen molar-refractivity contribution in [3.8, 4) is 0 Å². The Morgan fingerprint density at radius 1 is 0.404 bits per heavy atom. The number of rotatable bonds is 25. The molecule has 0 radical (unpaired) electrons. The van der Waals surface area contributed by atoms with Gasteiger partial charge in [-0.25, -0.2) is 0 Å². The van der Waals surface area contributed by atoms with E-state index < -0.39 is 0 Å². The summed E-state index contributed by atoms with van der Waals surface area (Å²) in [7, 11) is 0. The van der Waals surface area contributed by atoms with E-state index in [9.17, 15) is 9.59 Å². The first-order valence-corrected chi connectivity index (χ1v) is 21.9. The lowest BCUT2D eigenvalue weighted by Gasteiger charge is -2.18. The van der Waals surface area contributed by atoms with E-state index in [-0.39, 0.29) is 11.6 Å². The Balaban J connectivity index is 1.62. The normalized spacial score (nSPS) is 15.5. The number of allylic oxidation sites excluding steroid dienone is 20. The molecule has 2 heteroatoms. The van der Waals surface area contributed by atoms with Crippen molar-refractivity contribution in [2.24, 2.45) is 0 Å². The van der Waals surface area contributed by atoms with Gasteiger partial charge in [-0.15, -0.1) is 0 Å². The molecular formula is C55H78O2. The monoisotopic (exact) mass is 771 g/mol. The second-order valence-electron chi connectivity index (χ2n) is 17.2. The van der Waals surface area contributed by atoms with Gasteiger partial charge in [0.2, 0.25) is 0 Å². The molecule has 310 valence electrons. The van der Waals surface area contributed by atoms with Crippen molar-refractivity contribution in [1.29, 1.82) is 0 Å². The minimum absolute atomic E-state index is 0.00910. The fourth-order valence-electron chi connectivity index (χ4n) is 7.07. The zero-order valence-corrected chi connectivity index (χ0v) is 38.1. The van der Waals surface area contributed by atoms with E-state index in [1.165, 1.54) is 63.0 Å². The summed E-state index contributed by atoms with van der Waals surface area (Å²) < 4.78 is 0. The predicted molar refractivity (Wildman–Crippen MR) is 251 cm³/mol. The lowest BCUT2D eigenvalue weighted by molar-refractivity contribution is 0.0973. The lowest BCUT2D eigenvalue weighted by Crippen LogP contribution is -2.20. The Morgan fingerprint density at radius 3 is 1.11 bits per heavy atom. The number of Topliss-reactive ketones (excluding diaryl/α,β-unsaturated/α-hetero) is 2. The minimum Gasteiger partial charge on any atom is -0.289 e. The van der Waals surface area contributed by atoms with Gasteiger partial charge in [0.15, 0.2) is 11.6 Å². The first-order valence-electron chi connectivity index (χ1n) is 21.9. The van der Waals surface area contributed by atoms with E-state index in [4.69, 9.17) is 0 Å². The van der Waals surface area contributed by atoms with Gasteiger partial charge in [-0.2, -0.15) is 0 Å². The van der Waals surface area contributed by atoms with Gasteiger partial charge in [-0.1, -0.05) is 129 Å². The summed E-state index contributed by atoms with van der Waals surface area (Å²) in [4.78, 5) is 25.8. The largest absolute Gasteiger partial charge is 0.289 e. The standard InChI is InChI=1S/C55H78O2/c1-41(2)21-14-22-42(3)23-15-24-44(5)29-18-32-47(8)37-38-48(9)33-19-30-45(6)27-16-25-43(4)26-17-28-46(7)31-20-34-49(10)39-40-51-50(11)54(56)52-35-12-13-36-53(52)55(51)57/h12-13,21,23,26-27,29,31,33,35-37,39H,14-20,22,24-25,28,30,32,34,38,40H2,1-11H3. The molecule has 0 N–H and O–H groups in total.